The van der Waals surface area contributed by atoms with Gasteiger partial charge in [0.2, 0.25) is 0 Å². The van der Waals surface area contributed by atoms with E-state index in [0.29, 0.717) is 12.0 Å². The molecule has 0 saturated carbocycles. The van der Waals surface area contributed by atoms with Crippen LogP contribution < -0.4 is 10.5 Å². The first-order valence-electron chi connectivity index (χ1n) is 7.82. The van der Waals surface area contributed by atoms with Gasteiger partial charge >= 0.3 is 0 Å². The van der Waals surface area contributed by atoms with Crippen molar-refractivity contribution < 1.29 is 4.74 Å². The summed E-state index contributed by atoms with van der Waals surface area (Å²) in [4.78, 5) is 0. The van der Waals surface area contributed by atoms with Crippen molar-refractivity contribution >= 4 is 0 Å². The molecule has 0 fully saturated rings. The second kappa shape index (κ2) is 4.88. The molecular weight excluding hydrogens is 258 g/mol. The van der Waals surface area contributed by atoms with Crippen molar-refractivity contribution in [2.45, 2.75) is 38.3 Å². The molecule has 0 aromatic heterocycles. The highest BCUT2D eigenvalue weighted by Crippen LogP contribution is 2.36. The van der Waals surface area contributed by atoms with Crippen LogP contribution in [-0.4, -0.2) is 6.10 Å². The predicted molar refractivity (Wildman–Crippen MR) is 84.5 cm³/mol. The Morgan fingerprint density at radius 2 is 1.71 bits per heavy atom. The first-order chi connectivity index (χ1) is 10.2. The average Bonchev–Trinajstić information content (AvgIpc) is 3.07. The van der Waals surface area contributed by atoms with E-state index in [9.17, 15) is 0 Å². The molecule has 2 aromatic carbocycles. The van der Waals surface area contributed by atoms with Gasteiger partial charge in [-0.2, -0.15) is 0 Å². The van der Waals surface area contributed by atoms with Crippen molar-refractivity contribution in [3.63, 3.8) is 0 Å². The molecular formula is C19H21NO. The molecule has 0 bridgehead atoms. The van der Waals surface area contributed by atoms with Crippen LogP contribution in [0.2, 0.25) is 0 Å². The molecule has 1 aliphatic carbocycles. The van der Waals surface area contributed by atoms with Crippen molar-refractivity contribution in [1.82, 2.24) is 0 Å². The minimum Gasteiger partial charge on any atom is -0.490 e. The molecule has 0 spiro atoms. The van der Waals surface area contributed by atoms with Gasteiger partial charge in [0, 0.05) is 12.5 Å². The van der Waals surface area contributed by atoms with Crippen LogP contribution >= 0.6 is 0 Å². The zero-order valence-corrected chi connectivity index (χ0v) is 12.4. The Balaban J connectivity index is 1.57. The van der Waals surface area contributed by atoms with E-state index in [1.165, 1.54) is 22.3 Å². The van der Waals surface area contributed by atoms with Crippen LogP contribution in [0, 0.1) is 5.92 Å². The Bertz CT molecular complexity index is 654. The first kappa shape index (κ1) is 12.9. The third kappa shape index (κ3) is 2.24. The van der Waals surface area contributed by atoms with Gasteiger partial charge in [0.05, 0.1) is 0 Å². The lowest BCUT2D eigenvalue weighted by molar-refractivity contribution is 0.254. The summed E-state index contributed by atoms with van der Waals surface area (Å²) in [6.45, 7) is 2.12. The van der Waals surface area contributed by atoms with E-state index in [2.05, 4.69) is 49.4 Å². The highest BCUT2D eigenvalue weighted by Gasteiger charge is 2.28. The number of fused-ring (bicyclic) bond motifs is 2. The standard InChI is InChI=1S/C19H21NO/c1-12-8-16-11-15(6-7-18(16)21-12)19(20)17-9-13-4-2-3-5-14(13)10-17/h2-7,11-12,17,19H,8-10,20H2,1H3. The summed E-state index contributed by atoms with van der Waals surface area (Å²) < 4.78 is 5.78. The van der Waals surface area contributed by atoms with Gasteiger partial charge in [-0.15, -0.1) is 0 Å². The maximum Gasteiger partial charge on any atom is 0.123 e. The smallest absolute Gasteiger partial charge is 0.123 e. The van der Waals surface area contributed by atoms with Crippen LogP contribution in [0.25, 0.3) is 0 Å². The molecule has 0 amide bonds. The molecule has 2 nitrogen and oxygen atoms in total. The highest BCUT2D eigenvalue weighted by molar-refractivity contribution is 5.42. The normalized spacial score (nSPS) is 21.7. The quantitative estimate of drug-likeness (QED) is 0.914. The Labute approximate surface area is 125 Å². The SMILES string of the molecule is CC1Cc2cc(C(N)C3Cc4ccccc4C3)ccc2O1. The van der Waals surface area contributed by atoms with Crippen molar-refractivity contribution in [2.75, 3.05) is 0 Å². The molecule has 0 radical (unpaired) electrons. The van der Waals surface area contributed by atoms with Gasteiger partial charge in [0.25, 0.3) is 0 Å². The third-order valence-corrected chi connectivity index (χ3v) is 4.90. The molecule has 4 rings (SSSR count). The Hall–Kier alpha value is -1.80. The third-order valence-electron chi connectivity index (χ3n) is 4.90. The minimum absolute atomic E-state index is 0.110. The molecule has 2 aliphatic rings. The van der Waals surface area contributed by atoms with Crippen molar-refractivity contribution in [3.8, 4) is 5.75 Å². The largest absolute Gasteiger partial charge is 0.490 e. The fourth-order valence-electron chi connectivity index (χ4n) is 3.77. The van der Waals surface area contributed by atoms with Crippen LogP contribution in [-0.2, 0) is 19.3 Å². The second-order valence-corrected chi connectivity index (χ2v) is 6.46. The molecule has 2 heteroatoms. The topological polar surface area (TPSA) is 35.2 Å². The summed E-state index contributed by atoms with van der Waals surface area (Å²) in [6.07, 6.45) is 3.49. The summed E-state index contributed by atoms with van der Waals surface area (Å²) in [5, 5.41) is 0. The zero-order chi connectivity index (χ0) is 14.4. The van der Waals surface area contributed by atoms with E-state index in [1.54, 1.807) is 0 Å². The van der Waals surface area contributed by atoms with Gasteiger partial charge < -0.3 is 10.5 Å². The Kier molecular flexibility index (Phi) is 3.00. The van der Waals surface area contributed by atoms with Gasteiger partial charge in [0.1, 0.15) is 11.9 Å². The van der Waals surface area contributed by atoms with Crippen LogP contribution in [0.5, 0.6) is 5.75 Å². The van der Waals surface area contributed by atoms with E-state index >= 15 is 0 Å². The predicted octanol–water partition coefficient (Wildman–Crippen LogP) is 3.42. The van der Waals surface area contributed by atoms with Crippen LogP contribution in [0.4, 0.5) is 0 Å². The van der Waals surface area contributed by atoms with Crippen molar-refractivity contribution in [2.24, 2.45) is 11.7 Å². The number of ether oxygens (including phenoxy) is 1. The molecule has 21 heavy (non-hydrogen) atoms. The van der Waals surface area contributed by atoms with Gasteiger partial charge in [-0.05, 0) is 54.0 Å². The number of rotatable bonds is 2. The summed E-state index contributed by atoms with van der Waals surface area (Å²) in [7, 11) is 0. The van der Waals surface area contributed by atoms with Crippen LogP contribution in [0.1, 0.15) is 35.2 Å². The average molecular weight is 279 g/mol. The molecule has 1 heterocycles. The lowest BCUT2D eigenvalue weighted by Crippen LogP contribution is -2.22. The monoisotopic (exact) mass is 279 g/mol. The molecule has 2 aromatic rings. The van der Waals surface area contributed by atoms with Crippen LogP contribution in [0.15, 0.2) is 42.5 Å². The molecule has 1 aliphatic heterocycles. The van der Waals surface area contributed by atoms with Gasteiger partial charge in [-0.1, -0.05) is 36.4 Å². The van der Waals surface area contributed by atoms with Gasteiger partial charge in [-0.25, -0.2) is 0 Å². The summed E-state index contributed by atoms with van der Waals surface area (Å²) in [5.41, 5.74) is 12.1. The lowest BCUT2D eigenvalue weighted by atomic mass is 9.90. The second-order valence-electron chi connectivity index (χ2n) is 6.46. The fourth-order valence-corrected chi connectivity index (χ4v) is 3.77. The number of benzene rings is 2. The van der Waals surface area contributed by atoms with Crippen LogP contribution in [0.3, 0.4) is 0 Å². The Morgan fingerprint density at radius 1 is 1.00 bits per heavy atom. The molecule has 2 unspecified atom stereocenters. The summed E-state index contributed by atoms with van der Waals surface area (Å²) in [5.74, 6) is 1.55. The van der Waals surface area contributed by atoms with E-state index in [4.69, 9.17) is 10.5 Å². The lowest BCUT2D eigenvalue weighted by Gasteiger charge is -2.20. The first-order valence-corrected chi connectivity index (χ1v) is 7.82. The summed E-state index contributed by atoms with van der Waals surface area (Å²) in [6, 6.07) is 15.3. The van der Waals surface area contributed by atoms with E-state index in [1.807, 2.05) is 0 Å². The molecule has 2 N–H and O–H groups in total. The number of hydrogen-bond donors (Lipinski definition) is 1. The van der Waals surface area contributed by atoms with Gasteiger partial charge in [0.15, 0.2) is 0 Å². The molecule has 2 atom stereocenters. The summed E-state index contributed by atoms with van der Waals surface area (Å²) >= 11 is 0. The van der Waals surface area contributed by atoms with E-state index in [-0.39, 0.29) is 6.04 Å². The fraction of sp³-hybridized carbons (Fsp3) is 0.368. The maximum absolute atomic E-state index is 6.57. The van der Waals surface area contributed by atoms with Crippen molar-refractivity contribution in [3.05, 3.63) is 64.7 Å². The van der Waals surface area contributed by atoms with E-state index in [0.717, 1.165) is 25.0 Å². The maximum atomic E-state index is 6.57. The molecule has 108 valence electrons. The zero-order valence-electron chi connectivity index (χ0n) is 12.4. The van der Waals surface area contributed by atoms with E-state index < -0.39 is 0 Å². The Morgan fingerprint density at radius 3 is 2.43 bits per heavy atom. The minimum atomic E-state index is 0.110. The number of hydrogen-bond acceptors (Lipinski definition) is 2. The molecule has 0 saturated heterocycles. The van der Waals surface area contributed by atoms with Crippen molar-refractivity contribution in [1.29, 1.82) is 0 Å². The van der Waals surface area contributed by atoms with Gasteiger partial charge in [-0.3, -0.25) is 0 Å². The number of nitrogens with two attached hydrogens (primary N) is 1. The highest BCUT2D eigenvalue weighted by atomic mass is 16.5.